The molecule has 0 amide bonds. The Kier molecular flexibility index (Phi) is 3.85. The van der Waals surface area contributed by atoms with Gasteiger partial charge in [-0.3, -0.25) is 0 Å². The molecule has 1 aromatic heterocycles. The monoisotopic (exact) mass is 241 g/mol. The molecule has 17 heavy (non-hydrogen) atoms. The largest absolute Gasteiger partial charge is 0.394 e. The fourth-order valence-electron chi connectivity index (χ4n) is 1.71. The number of aliphatic hydroxyl groups excluding tert-OH is 3. The zero-order valence-electron chi connectivity index (χ0n) is 9.10. The van der Waals surface area contributed by atoms with Gasteiger partial charge >= 0.3 is 0 Å². The van der Waals surface area contributed by atoms with Crippen molar-refractivity contribution in [3.8, 4) is 0 Å². The number of nitrogens with one attached hydrogen (secondary N) is 1. The molecule has 0 saturated carbocycles. The number of aromatic nitrogens is 2. The van der Waals surface area contributed by atoms with Crippen molar-refractivity contribution >= 4 is 5.95 Å². The standard InChI is InChI=1S/C10H15N3O4/c14-4-7-9(16)8(15)6(5-17-7)13-10-11-2-1-3-12-10/h1-3,6-9,14-16H,4-5H2,(H,11,12,13)/t6?,7-,8-,9+/m1/s1. The van der Waals surface area contributed by atoms with E-state index in [9.17, 15) is 10.2 Å². The van der Waals surface area contributed by atoms with Crippen molar-refractivity contribution < 1.29 is 20.1 Å². The highest BCUT2D eigenvalue weighted by molar-refractivity contribution is 5.25. The summed E-state index contributed by atoms with van der Waals surface area (Å²) in [4.78, 5) is 7.90. The van der Waals surface area contributed by atoms with E-state index in [1.165, 1.54) is 0 Å². The maximum atomic E-state index is 9.84. The van der Waals surface area contributed by atoms with Crippen molar-refractivity contribution in [2.45, 2.75) is 24.4 Å². The highest BCUT2D eigenvalue weighted by Crippen LogP contribution is 2.17. The number of aliphatic hydroxyl groups is 3. The van der Waals surface area contributed by atoms with Gasteiger partial charge in [-0.2, -0.15) is 0 Å². The van der Waals surface area contributed by atoms with Crippen LogP contribution in [0.2, 0.25) is 0 Å². The molecule has 1 unspecified atom stereocenters. The first-order valence-corrected chi connectivity index (χ1v) is 5.34. The van der Waals surface area contributed by atoms with Crippen molar-refractivity contribution in [1.29, 1.82) is 0 Å². The lowest BCUT2D eigenvalue weighted by molar-refractivity contribution is -0.152. The molecule has 4 atom stereocenters. The van der Waals surface area contributed by atoms with E-state index in [1.807, 2.05) is 0 Å². The van der Waals surface area contributed by atoms with Crippen LogP contribution in [-0.2, 0) is 4.74 Å². The smallest absolute Gasteiger partial charge is 0.222 e. The molecule has 1 saturated heterocycles. The molecule has 4 N–H and O–H groups in total. The van der Waals surface area contributed by atoms with Gasteiger partial charge in [0, 0.05) is 12.4 Å². The van der Waals surface area contributed by atoms with Gasteiger partial charge in [0.05, 0.1) is 19.3 Å². The minimum atomic E-state index is -1.13. The SMILES string of the molecule is OC[C@H]1OCC(Nc2ncccn2)[C@@H](O)[C@H]1O. The van der Waals surface area contributed by atoms with Crippen LogP contribution in [-0.4, -0.2) is 62.9 Å². The Morgan fingerprint density at radius 2 is 2.00 bits per heavy atom. The molecule has 94 valence electrons. The van der Waals surface area contributed by atoms with Gasteiger partial charge in [0.2, 0.25) is 5.95 Å². The van der Waals surface area contributed by atoms with Crippen molar-refractivity contribution in [2.24, 2.45) is 0 Å². The first kappa shape index (κ1) is 12.2. The van der Waals surface area contributed by atoms with E-state index >= 15 is 0 Å². The van der Waals surface area contributed by atoms with E-state index in [4.69, 9.17) is 9.84 Å². The number of hydrogen-bond acceptors (Lipinski definition) is 7. The van der Waals surface area contributed by atoms with E-state index in [1.54, 1.807) is 18.5 Å². The number of rotatable bonds is 3. The third-order valence-corrected chi connectivity index (χ3v) is 2.69. The van der Waals surface area contributed by atoms with Gasteiger partial charge in [-0.1, -0.05) is 0 Å². The average molecular weight is 241 g/mol. The molecular weight excluding hydrogens is 226 g/mol. The second kappa shape index (κ2) is 5.37. The fourth-order valence-corrected chi connectivity index (χ4v) is 1.71. The third kappa shape index (κ3) is 2.70. The summed E-state index contributed by atoms with van der Waals surface area (Å²) >= 11 is 0. The summed E-state index contributed by atoms with van der Waals surface area (Å²) < 4.78 is 5.22. The molecule has 0 bridgehead atoms. The molecule has 1 fully saturated rings. The van der Waals surface area contributed by atoms with Crippen LogP contribution in [0.4, 0.5) is 5.95 Å². The van der Waals surface area contributed by atoms with Gasteiger partial charge in [-0.25, -0.2) is 9.97 Å². The maximum Gasteiger partial charge on any atom is 0.222 e. The van der Waals surface area contributed by atoms with E-state index in [0.29, 0.717) is 5.95 Å². The number of ether oxygens (including phenoxy) is 1. The Morgan fingerprint density at radius 3 is 2.65 bits per heavy atom. The molecule has 7 heteroatoms. The normalized spacial score (nSPS) is 33.4. The van der Waals surface area contributed by atoms with Crippen LogP contribution in [0, 0.1) is 0 Å². The van der Waals surface area contributed by atoms with Crippen LogP contribution in [0.3, 0.4) is 0 Å². The van der Waals surface area contributed by atoms with E-state index < -0.39 is 24.4 Å². The summed E-state index contributed by atoms with van der Waals surface area (Å²) in [6, 6.07) is 1.17. The van der Waals surface area contributed by atoms with Gasteiger partial charge < -0.3 is 25.4 Å². The minimum Gasteiger partial charge on any atom is -0.394 e. The maximum absolute atomic E-state index is 9.84. The lowest BCUT2D eigenvalue weighted by Gasteiger charge is -2.37. The predicted octanol–water partition coefficient (Wildman–Crippen LogP) is -1.63. The molecule has 1 aliphatic heterocycles. The van der Waals surface area contributed by atoms with Gasteiger partial charge in [0.15, 0.2) is 0 Å². The quantitative estimate of drug-likeness (QED) is 0.503. The molecule has 1 aliphatic rings. The average Bonchev–Trinajstić information content (AvgIpc) is 2.37. The Hall–Kier alpha value is -1.28. The van der Waals surface area contributed by atoms with Crippen LogP contribution in [0.5, 0.6) is 0 Å². The highest BCUT2D eigenvalue weighted by atomic mass is 16.5. The Bertz CT molecular complexity index is 351. The first-order valence-electron chi connectivity index (χ1n) is 5.34. The summed E-state index contributed by atoms with van der Waals surface area (Å²) in [5, 5.41) is 31.3. The third-order valence-electron chi connectivity index (χ3n) is 2.69. The minimum absolute atomic E-state index is 0.168. The zero-order chi connectivity index (χ0) is 12.3. The van der Waals surface area contributed by atoms with E-state index in [-0.39, 0.29) is 13.2 Å². The molecule has 2 rings (SSSR count). The van der Waals surface area contributed by atoms with Gasteiger partial charge in [-0.05, 0) is 6.07 Å². The second-order valence-electron chi connectivity index (χ2n) is 3.86. The van der Waals surface area contributed by atoms with Crippen LogP contribution in [0.25, 0.3) is 0 Å². The zero-order valence-corrected chi connectivity index (χ0v) is 9.10. The van der Waals surface area contributed by atoms with Crippen molar-refractivity contribution in [1.82, 2.24) is 9.97 Å². The van der Waals surface area contributed by atoms with Crippen molar-refractivity contribution in [2.75, 3.05) is 18.5 Å². The second-order valence-corrected chi connectivity index (χ2v) is 3.86. The van der Waals surface area contributed by atoms with Gasteiger partial charge in [0.25, 0.3) is 0 Å². The topological polar surface area (TPSA) is 108 Å². The molecular formula is C10H15N3O4. The summed E-state index contributed by atoms with van der Waals surface area (Å²) in [5.74, 6) is 0.356. The molecule has 1 aromatic rings. The number of anilines is 1. The fraction of sp³-hybridized carbons (Fsp3) is 0.600. The van der Waals surface area contributed by atoms with Crippen molar-refractivity contribution in [3.63, 3.8) is 0 Å². The highest BCUT2D eigenvalue weighted by Gasteiger charge is 2.38. The van der Waals surface area contributed by atoms with E-state index in [0.717, 1.165) is 0 Å². The number of hydrogen-bond donors (Lipinski definition) is 4. The molecule has 0 aromatic carbocycles. The Balaban J connectivity index is 1.99. The van der Waals surface area contributed by atoms with E-state index in [2.05, 4.69) is 15.3 Å². The van der Waals surface area contributed by atoms with Crippen LogP contribution in [0.1, 0.15) is 0 Å². The summed E-state index contributed by atoms with van der Waals surface area (Å²) in [7, 11) is 0. The van der Waals surface area contributed by atoms with Gasteiger partial charge in [0.1, 0.15) is 18.3 Å². The summed E-state index contributed by atoms with van der Waals surface area (Å²) in [6.45, 7) is -0.158. The molecule has 0 radical (unpaired) electrons. The number of nitrogens with zero attached hydrogens (tertiary/aromatic N) is 2. The molecule has 0 aliphatic carbocycles. The lowest BCUT2D eigenvalue weighted by Crippen LogP contribution is -2.56. The van der Waals surface area contributed by atoms with Crippen molar-refractivity contribution in [3.05, 3.63) is 18.5 Å². The predicted molar refractivity (Wildman–Crippen MR) is 58.3 cm³/mol. The first-order chi connectivity index (χ1) is 8.22. The molecule has 7 nitrogen and oxygen atoms in total. The Morgan fingerprint density at radius 1 is 1.29 bits per heavy atom. The van der Waals surface area contributed by atoms with Gasteiger partial charge in [-0.15, -0.1) is 0 Å². The van der Waals surface area contributed by atoms with Crippen LogP contribution < -0.4 is 5.32 Å². The van der Waals surface area contributed by atoms with Crippen LogP contribution >= 0.6 is 0 Å². The lowest BCUT2D eigenvalue weighted by atomic mass is 9.98. The van der Waals surface area contributed by atoms with Crippen LogP contribution in [0.15, 0.2) is 18.5 Å². The summed E-state index contributed by atoms with van der Waals surface area (Å²) in [5.41, 5.74) is 0. The Labute approximate surface area is 98.1 Å². The molecule has 0 spiro atoms. The molecule has 2 heterocycles. The summed E-state index contributed by atoms with van der Waals surface area (Å²) in [6.07, 6.45) is 0.218.